The van der Waals surface area contributed by atoms with Crippen LogP contribution in [0.2, 0.25) is 0 Å². The number of rotatable bonds is 2. The number of hydrogen-bond acceptors (Lipinski definition) is 2. The molecule has 0 bridgehead atoms. The third kappa shape index (κ3) is 2.50. The zero-order chi connectivity index (χ0) is 14.2. The summed E-state index contributed by atoms with van der Waals surface area (Å²) in [6.45, 7) is 5.80. The van der Waals surface area contributed by atoms with Crippen molar-refractivity contribution in [3.05, 3.63) is 64.0 Å². The van der Waals surface area contributed by atoms with E-state index in [2.05, 4.69) is 0 Å². The monoisotopic (exact) mass is 257 g/mol. The van der Waals surface area contributed by atoms with Crippen molar-refractivity contribution in [2.75, 3.05) is 5.73 Å². The van der Waals surface area contributed by atoms with Gasteiger partial charge in [0.2, 0.25) is 0 Å². The molecule has 3 heteroatoms. The fourth-order valence-electron chi connectivity index (χ4n) is 2.37. The highest BCUT2D eigenvalue weighted by atomic mass is 19.1. The molecule has 0 fully saturated rings. The van der Waals surface area contributed by atoms with E-state index in [1.165, 1.54) is 18.2 Å². The predicted octanol–water partition coefficient (Wildman–Crippen LogP) is 3.56. The van der Waals surface area contributed by atoms with Crippen molar-refractivity contribution >= 4 is 11.5 Å². The summed E-state index contributed by atoms with van der Waals surface area (Å²) in [5, 5.41) is 0. The molecule has 2 aromatic rings. The Morgan fingerprint density at radius 3 is 2.16 bits per heavy atom. The van der Waals surface area contributed by atoms with E-state index in [4.69, 9.17) is 5.73 Å². The fraction of sp³-hybridized carbons (Fsp3) is 0.188. The Morgan fingerprint density at radius 2 is 1.63 bits per heavy atom. The zero-order valence-corrected chi connectivity index (χ0v) is 11.3. The molecule has 0 aliphatic rings. The van der Waals surface area contributed by atoms with Crippen molar-refractivity contribution < 1.29 is 9.18 Å². The fourth-order valence-corrected chi connectivity index (χ4v) is 2.37. The van der Waals surface area contributed by atoms with Gasteiger partial charge >= 0.3 is 0 Å². The van der Waals surface area contributed by atoms with Crippen molar-refractivity contribution in [1.82, 2.24) is 0 Å². The van der Waals surface area contributed by atoms with Gasteiger partial charge in [0.15, 0.2) is 5.78 Å². The van der Waals surface area contributed by atoms with E-state index in [0.717, 1.165) is 16.7 Å². The summed E-state index contributed by atoms with van der Waals surface area (Å²) < 4.78 is 13.1. The van der Waals surface area contributed by atoms with E-state index in [1.807, 2.05) is 32.9 Å². The normalized spacial score (nSPS) is 10.5. The maximum Gasteiger partial charge on any atom is 0.193 e. The number of aryl methyl sites for hydroxylation is 3. The molecule has 0 radical (unpaired) electrons. The van der Waals surface area contributed by atoms with E-state index in [9.17, 15) is 9.18 Å². The quantitative estimate of drug-likeness (QED) is 0.660. The molecule has 0 amide bonds. The highest BCUT2D eigenvalue weighted by molar-refractivity contribution is 6.11. The molecule has 2 N–H and O–H groups in total. The Labute approximate surface area is 112 Å². The first-order chi connectivity index (χ1) is 8.90. The van der Waals surface area contributed by atoms with Crippen molar-refractivity contribution in [2.45, 2.75) is 20.8 Å². The molecule has 98 valence electrons. The molecular weight excluding hydrogens is 241 g/mol. The molecule has 0 aliphatic carbocycles. The minimum Gasteiger partial charge on any atom is -0.396 e. The molecule has 2 nitrogen and oxygen atoms in total. The summed E-state index contributed by atoms with van der Waals surface area (Å²) in [4.78, 5) is 12.5. The molecule has 19 heavy (non-hydrogen) atoms. The lowest BCUT2D eigenvalue weighted by molar-refractivity contribution is 0.103. The number of benzene rings is 2. The standard InChI is InChI=1S/C16H16FNO/c1-9-6-10(2)15(11(3)7-9)16(19)12-4-5-13(17)14(18)8-12/h4-8H,18H2,1-3H3. The molecule has 2 rings (SSSR count). The van der Waals surface area contributed by atoms with Gasteiger partial charge < -0.3 is 5.73 Å². The number of anilines is 1. The van der Waals surface area contributed by atoms with Gasteiger partial charge in [0.05, 0.1) is 5.69 Å². The number of halogens is 1. The third-order valence-electron chi connectivity index (χ3n) is 3.16. The number of ketones is 1. The van der Waals surface area contributed by atoms with Gasteiger partial charge in [-0.15, -0.1) is 0 Å². The highest BCUT2D eigenvalue weighted by Crippen LogP contribution is 2.22. The van der Waals surface area contributed by atoms with Crippen LogP contribution in [0.15, 0.2) is 30.3 Å². The van der Waals surface area contributed by atoms with Crippen LogP contribution in [-0.2, 0) is 0 Å². The Bertz CT molecular complexity index is 639. The number of carbonyl (C=O) groups excluding carboxylic acids is 1. The molecule has 0 atom stereocenters. The zero-order valence-electron chi connectivity index (χ0n) is 11.3. The minimum absolute atomic E-state index is 0.00623. The van der Waals surface area contributed by atoms with Crippen LogP contribution in [0.5, 0.6) is 0 Å². The Hall–Kier alpha value is -2.16. The van der Waals surface area contributed by atoms with Crippen molar-refractivity contribution in [3.63, 3.8) is 0 Å². The van der Waals surface area contributed by atoms with E-state index >= 15 is 0 Å². The number of nitrogens with two attached hydrogens (primary N) is 1. The van der Waals surface area contributed by atoms with Crippen LogP contribution in [0.3, 0.4) is 0 Å². The molecule has 0 unspecified atom stereocenters. The Morgan fingerprint density at radius 1 is 1.05 bits per heavy atom. The van der Waals surface area contributed by atoms with E-state index < -0.39 is 5.82 Å². The first kappa shape index (κ1) is 13.3. The van der Waals surface area contributed by atoms with Gasteiger partial charge in [-0.2, -0.15) is 0 Å². The minimum atomic E-state index is -0.506. The maximum absolute atomic E-state index is 13.1. The SMILES string of the molecule is Cc1cc(C)c(C(=O)c2ccc(F)c(N)c2)c(C)c1. The van der Waals surface area contributed by atoms with Crippen LogP contribution in [0, 0.1) is 26.6 Å². The van der Waals surface area contributed by atoms with Crippen LogP contribution in [0.4, 0.5) is 10.1 Å². The Balaban J connectivity index is 2.53. The van der Waals surface area contributed by atoms with Gasteiger partial charge in [-0.3, -0.25) is 4.79 Å². The van der Waals surface area contributed by atoms with Crippen molar-refractivity contribution in [3.8, 4) is 0 Å². The van der Waals surface area contributed by atoms with Crippen LogP contribution in [-0.4, -0.2) is 5.78 Å². The average Bonchev–Trinajstić information content (AvgIpc) is 2.31. The lowest BCUT2D eigenvalue weighted by Gasteiger charge is -2.11. The number of carbonyl (C=O) groups is 1. The molecular formula is C16H16FNO. The summed E-state index contributed by atoms with van der Waals surface area (Å²) in [5.41, 5.74) is 9.54. The molecule has 0 heterocycles. The van der Waals surface area contributed by atoms with Gasteiger partial charge in [-0.1, -0.05) is 17.7 Å². The van der Waals surface area contributed by atoms with Gasteiger partial charge in [-0.05, 0) is 50.1 Å². The van der Waals surface area contributed by atoms with Gasteiger partial charge in [-0.25, -0.2) is 4.39 Å². The third-order valence-corrected chi connectivity index (χ3v) is 3.16. The number of nitrogen functional groups attached to an aromatic ring is 1. The van der Waals surface area contributed by atoms with Crippen LogP contribution in [0.1, 0.15) is 32.6 Å². The molecule has 0 aliphatic heterocycles. The van der Waals surface area contributed by atoms with Gasteiger partial charge in [0, 0.05) is 11.1 Å². The van der Waals surface area contributed by atoms with Gasteiger partial charge in [0.25, 0.3) is 0 Å². The molecule has 2 aromatic carbocycles. The van der Waals surface area contributed by atoms with Crippen LogP contribution < -0.4 is 5.73 Å². The van der Waals surface area contributed by atoms with E-state index in [1.54, 1.807) is 0 Å². The molecule has 0 saturated carbocycles. The van der Waals surface area contributed by atoms with Crippen LogP contribution in [0.25, 0.3) is 0 Å². The first-order valence-electron chi connectivity index (χ1n) is 6.07. The van der Waals surface area contributed by atoms with Crippen molar-refractivity contribution in [2.24, 2.45) is 0 Å². The second-order valence-corrected chi connectivity index (χ2v) is 4.84. The molecule has 0 spiro atoms. The first-order valence-corrected chi connectivity index (χ1v) is 6.07. The number of hydrogen-bond donors (Lipinski definition) is 1. The summed E-state index contributed by atoms with van der Waals surface area (Å²) in [6.07, 6.45) is 0. The Kier molecular flexibility index (Phi) is 3.38. The summed E-state index contributed by atoms with van der Waals surface area (Å²) in [6, 6.07) is 8.00. The highest BCUT2D eigenvalue weighted by Gasteiger charge is 2.15. The molecule has 0 aromatic heterocycles. The largest absolute Gasteiger partial charge is 0.396 e. The second kappa shape index (κ2) is 4.84. The summed E-state index contributed by atoms with van der Waals surface area (Å²) in [7, 11) is 0. The maximum atomic E-state index is 13.1. The lowest BCUT2D eigenvalue weighted by atomic mass is 9.93. The van der Waals surface area contributed by atoms with Crippen LogP contribution >= 0.6 is 0 Å². The molecule has 0 saturated heterocycles. The summed E-state index contributed by atoms with van der Waals surface area (Å²) >= 11 is 0. The second-order valence-electron chi connectivity index (χ2n) is 4.84. The topological polar surface area (TPSA) is 43.1 Å². The summed E-state index contributed by atoms with van der Waals surface area (Å²) in [5.74, 6) is -0.629. The average molecular weight is 257 g/mol. The van der Waals surface area contributed by atoms with Crippen molar-refractivity contribution in [1.29, 1.82) is 0 Å². The van der Waals surface area contributed by atoms with E-state index in [-0.39, 0.29) is 11.5 Å². The lowest BCUT2D eigenvalue weighted by Crippen LogP contribution is -2.08. The smallest absolute Gasteiger partial charge is 0.193 e. The van der Waals surface area contributed by atoms with Gasteiger partial charge in [0.1, 0.15) is 5.82 Å². The predicted molar refractivity (Wildman–Crippen MR) is 74.9 cm³/mol. The van der Waals surface area contributed by atoms with E-state index in [0.29, 0.717) is 11.1 Å².